The summed E-state index contributed by atoms with van der Waals surface area (Å²) in [5.74, 6) is -2.11. The van der Waals surface area contributed by atoms with Crippen LogP contribution in [-0.2, 0) is 19.6 Å². The number of hydrogen-bond acceptors (Lipinski definition) is 5. The molecular formula is C19H30IN2O5S+. The molecule has 0 aliphatic heterocycles. The van der Waals surface area contributed by atoms with E-state index in [1.807, 2.05) is 29.5 Å². The van der Waals surface area contributed by atoms with Crippen molar-refractivity contribution in [3.8, 4) is 0 Å². The molecule has 0 saturated carbocycles. The van der Waals surface area contributed by atoms with E-state index in [9.17, 15) is 23.1 Å². The van der Waals surface area contributed by atoms with Crippen molar-refractivity contribution in [2.24, 2.45) is 11.7 Å². The Morgan fingerprint density at radius 2 is 1.75 bits per heavy atom. The summed E-state index contributed by atoms with van der Waals surface area (Å²) < 4.78 is 26.3. The number of quaternary nitrogens is 1. The maximum absolute atomic E-state index is 13.7. The summed E-state index contributed by atoms with van der Waals surface area (Å²) in [5.41, 5.74) is 6.39. The van der Waals surface area contributed by atoms with E-state index < -0.39 is 31.8 Å². The first-order valence-corrected chi connectivity index (χ1v) is 12.2. The van der Waals surface area contributed by atoms with E-state index in [2.05, 4.69) is 0 Å². The maximum Gasteiger partial charge on any atom is 0.364 e. The number of amides is 1. The van der Waals surface area contributed by atoms with Gasteiger partial charge in [-0.05, 0) is 38.4 Å². The Labute approximate surface area is 181 Å². The molecule has 0 bridgehead atoms. The molecule has 1 unspecified atom stereocenters. The number of carboxylic acid groups (broad SMARTS) is 1. The third kappa shape index (κ3) is 5.31. The second-order valence-electron chi connectivity index (χ2n) is 7.33. The Bertz CT molecular complexity index is 780. The summed E-state index contributed by atoms with van der Waals surface area (Å²) in [4.78, 5) is 25.3. The minimum atomic E-state index is -4.30. The van der Waals surface area contributed by atoms with Gasteiger partial charge in [0.05, 0.1) is 0 Å². The molecule has 158 valence electrons. The molecule has 1 aromatic rings. The van der Waals surface area contributed by atoms with Gasteiger partial charge in [-0.2, -0.15) is 8.42 Å². The number of unbranched alkanes of at least 4 members (excludes halogenated alkanes) is 1. The molecule has 9 heteroatoms. The first-order valence-electron chi connectivity index (χ1n) is 9.26. The van der Waals surface area contributed by atoms with Crippen LogP contribution in [0.25, 0.3) is 0 Å². The Hall–Kier alpha value is -1.04. The van der Waals surface area contributed by atoms with E-state index >= 15 is 0 Å². The van der Waals surface area contributed by atoms with Crippen molar-refractivity contribution in [3.63, 3.8) is 0 Å². The third-order valence-electron chi connectivity index (χ3n) is 4.64. The number of benzene rings is 1. The number of carbonyl (C=O) groups is 2. The largest absolute Gasteiger partial charge is 0.477 e. The van der Waals surface area contributed by atoms with Gasteiger partial charge in [0, 0.05) is 12.3 Å². The van der Waals surface area contributed by atoms with Gasteiger partial charge in [-0.25, -0.2) is 9.59 Å². The monoisotopic (exact) mass is 525 g/mol. The highest BCUT2D eigenvalue weighted by Crippen LogP contribution is 2.33. The number of hydrogen-bond donors (Lipinski definition) is 2. The average molecular weight is 525 g/mol. The number of carbonyl (C=O) groups excluding carboxylic acids is 1. The van der Waals surface area contributed by atoms with Crippen LogP contribution in [0.5, 0.6) is 0 Å². The minimum Gasteiger partial charge on any atom is -0.477 e. The molecular weight excluding hydrogens is 495 g/mol. The lowest BCUT2D eigenvalue weighted by atomic mass is 10.1. The van der Waals surface area contributed by atoms with E-state index in [1.54, 1.807) is 26.0 Å². The normalized spacial score (nSPS) is 15.2. The second kappa shape index (κ2) is 10.7. The zero-order valence-corrected chi connectivity index (χ0v) is 19.6. The molecule has 0 aliphatic carbocycles. The molecule has 3 N–H and O–H groups in total. The first-order chi connectivity index (χ1) is 13.0. The second-order valence-corrected chi connectivity index (χ2v) is 10.2. The number of nitrogens with two attached hydrogens (primary N) is 1. The molecule has 0 radical (unpaired) electrons. The van der Waals surface area contributed by atoms with Crippen LogP contribution in [0.15, 0.2) is 29.2 Å². The van der Waals surface area contributed by atoms with Gasteiger partial charge in [0.15, 0.2) is 0 Å². The van der Waals surface area contributed by atoms with Crippen molar-refractivity contribution in [3.05, 3.63) is 29.8 Å². The summed E-state index contributed by atoms with van der Waals surface area (Å²) >= 11 is 1.81. The quantitative estimate of drug-likeness (QED) is 0.199. The number of nitrogens with zero attached hydrogens (tertiary/aromatic N) is 1. The van der Waals surface area contributed by atoms with Crippen molar-refractivity contribution in [2.75, 3.05) is 17.5 Å². The Morgan fingerprint density at radius 3 is 2.18 bits per heavy atom. The van der Waals surface area contributed by atoms with E-state index in [4.69, 9.17) is 5.73 Å². The maximum atomic E-state index is 13.7. The number of alkyl halides is 1. The molecule has 1 amide bonds. The molecule has 2 atom stereocenters. The predicted octanol–water partition coefficient (Wildman–Crippen LogP) is 2.70. The molecule has 1 aromatic carbocycles. The fourth-order valence-electron chi connectivity index (χ4n) is 3.34. The lowest BCUT2D eigenvalue weighted by Crippen LogP contribution is -2.66. The standard InChI is InChI=1S/C19H29IN2O5S/c1-14(2)13-22(18(23)12-20,17(19(24)25)6-4-5-11-21)28(26,27)16-9-7-15(3)8-10-16/h7-10,14,17H,4-6,11-13,21H2,1-3H3/p+1/t17-,22?/m0/s1. The van der Waals surface area contributed by atoms with Crippen LogP contribution in [0.2, 0.25) is 0 Å². The molecule has 1 rings (SSSR count). The van der Waals surface area contributed by atoms with Gasteiger partial charge in [-0.3, -0.25) is 0 Å². The molecule has 0 aromatic heterocycles. The van der Waals surface area contributed by atoms with Crippen LogP contribution in [0.4, 0.5) is 0 Å². The lowest BCUT2D eigenvalue weighted by Gasteiger charge is -2.39. The third-order valence-corrected chi connectivity index (χ3v) is 7.63. The zero-order chi connectivity index (χ0) is 21.5. The van der Waals surface area contributed by atoms with E-state index in [-0.39, 0.29) is 28.2 Å². The fourth-order valence-corrected chi connectivity index (χ4v) is 6.39. The van der Waals surface area contributed by atoms with Gasteiger partial charge in [-0.15, -0.1) is 3.89 Å². The summed E-state index contributed by atoms with van der Waals surface area (Å²) in [7, 11) is -4.30. The van der Waals surface area contributed by atoms with Crippen LogP contribution >= 0.6 is 22.6 Å². The van der Waals surface area contributed by atoms with E-state index in [1.165, 1.54) is 12.1 Å². The molecule has 0 aliphatic rings. The number of aryl methyl sites for hydroxylation is 1. The molecule has 28 heavy (non-hydrogen) atoms. The number of halogens is 1. The van der Waals surface area contributed by atoms with Crippen molar-refractivity contribution in [1.29, 1.82) is 0 Å². The van der Waals surface area contributed by atoms with Crippen molar-refractivity contribution in [1.82, 2.24) is 0 Å². The summed E-state index contributed by atoms with van der Waals surface area (Å²) in [6.45, 7) is 5.68. The molecule has 0 spiro atoms. The number of sulfonamides is 1. The van der Waals surface area contributed by atoms with Crippen LogP contribution in [-0.4, -0.2) is 52.8 Å². The van der Waals surface area contributed by atoms with Crippen molar-refractivity contribution < 1.29 is 27.0 Å². The molecule has 0 saturated heterocycles. The van der Waals surface area contributed by atoms with Gasteiger partial charge >= 0.3 is 21.9 Å². The average Bonchev–Trinajstić information content (AvgIpc) is 2.62. The highest BCUT2D eigenvalue weighted by Gasteiger charge is 2.57. The van der Waals surface area contributed by atoms with Gasteiger partial charge in [0.2, 0.25) is 6.04 Å². The molecule has 7 nitrogen and oxygen atoms in total. The predicted molar refractivity (Wildman–Crippen MR) is 117 cm³/mol. The molecule has 0 fully saturated rings. The van der Waals surface area contributed by atoms with Crippen molar-refractivity contribution in [2.45, 2.75) is 51.0 Å². The first kappa shape index (κ1) is 25.0. The van der Waals surface area contributed by atoms with E-state index in [0.717, 1.165) is 5.56 Å². The SMILES string of the molecule is Cc1ccc(S(=O)(=O)[N+](CC(C)C)(C(=O)CI)[C@@H](CCCCN)C(=O)O)cc1. The number of aliphatic carboxylic acids is 1. The highest BCUT2D eigenvalue weighted by atomic mass is 127. The van der Waals surface area contributed by atoms with Gasteiger partial charge in [-0.1, -0.05) is 54.1 Å². The molecule has 0 heterocycles. The highest BCUT2D eigenvalue weighted by molar-refractivity contribution is 14.1. The Morgan fingerprint density at radius 1 is 1.18 bits per heavy atom. The van der Waals surface area contributed by atoms with Crippen LogP contribution < -0.4 is 5.73 Å². The Balaban J connectivity index is 3.74. The summed E-state index contributed by atoms with van der Waals surface area (Å²) in [6, 6.07) is 4.79. The van der Waals surface area contributed by atoms with Gasteiger partial charge in [0.1, 0.15) is 15.9 Å². The van der Waals surface area contributed by atoms with Crippen molar-refractivity contribution >= 4 is 44.5 Å². The summed E-state index contributed by atoms with van der Waals surface area (Å²) in [5, 5.41) is 9.95. The lowest BCUT2D eigenvalue weighted by molar-refractivity contribution is -0.751. The smallest absolute Gasteiger partial charge is 0.364 e. The van der Waals surface area contributed by atoms with Crippen LogP contribution in [0, 0.1) is 12.8 Å². The topological polar surface area (TPSA) is 115 Å². The minimum absolute atomic E-state index is 0.0398. The van der Waals surface area contributed by atoms with E-state index in [0.29, 0.717) is 19.4 Å². The van der Waals surface area contributed by atoms with Gasteiger partial charge in [0.25, 0.3) is 0 Å². The zero-order valence-electron chi connectivity index (χ0n) is 16.6. The number of carboxylic acids is 1. The van der Waals surface area contributed by atoms with Crippen LogP contribution in [0.3, 0.4) is 0 Å². The number of rotatable bonds is 11. The fraction of sp³-hybridized carbons (Fsp3) is 0.579. The van der Waals surface area contributed by atoms with Gasteiger partial charge < -0.3 is 10.8 Å². The Kier molecular flexibility index (Phi) is 9.51. The summed E-state index contributed by atoms with van der Waals surface area (Å²) in [6.07, 6.45) is 1.06. The van der Waals surface area contributed by atoms with Crippen LogP contribution in [0.1, 0.15) is 38.7 Å².